The van der Waals surface area contributed by atoms with Gasteiger partial charge < -0.3 is 15.2 Å². The molecule has 1 aromatic carbocycles. The van der Waals surface area contributed by atoms with Gasteiger partial charge in [-0.2, -0.15) is 0 Å². The van der Waals surface area contributed by atoms with E-state index in [0.717, 1.165) is 22.9 Å². The second-order valence-corrected chi connectivity index (χ2v) is 6.54. The van der Waals surface area contributed by atoms with Crippen LogP contribution >= 0.6 is 15.9 Å². The molecule has 21 heavy (non-hydrogen) atoms. The fourth-order valence-corrected chi connectivity index (χ4v) is 3.78. The minimum Gasteiger partial charge on any atom is -0.481 e. The molecule has 2 N–H and O–H groups in total. The number of amides is 1. The van der Waals surface area contributed by atoms with Crippen LogP contribution < -0.4 is 5.32 Å². The summed E-state index contributed by atoms with van der Waals surface area (Å²) in [5.41, 5.74) is 1.63. The summed E-state index contributed by atoms with van der Waals surface area (Å²) in [6.07, 6.45) is 0.885. The zero-order valence-electron chi connectivity index (χ0n) is 11.5. The third-order valence-corrected chi connectivity index (χ3v) is 4.80. The van der Waals surface area contributed by atoms with Crippen LogP contribution in [0.15, 0.2) is 22.7 Å². The van der Waals surface area contributed by atoms with E-state index in [-0.39, 0.29) is 18.1 Å². The molecule has 2 bridgehead atoms. The van der Waals surface area contributed by atoms with Crippen molar-refractivity contribution in [3.05, 3.63) is 28.2 Å². The first-order valence-electron chi connectivity index (χ1n) is 6.92. The number of carboxylic acid groups (broad SMARTS) is 1. The van der Waals surface area contributed by atoms with Gasteiger partial charge in [0.15, 0.2) is 0 Å². The van der Waals surface area contributed by atoms with Gasteiger partial charge in [0, 0.05) is 10.2 Å². The van der Waals surface area contributed by atoms with E-state index in [1.807, 2.05) is 19.1 Å². The van der Waals surface area contributed by atoms with E-state index < -0.39 is 17.8 Å². The standard InChI is InChI=1S/C15H16BrNO4/c1-7-6-8(16)2-3-9(7)17-14(18)12-10-4-5-11(21-10)13(12)15(19)20/h2-3,6,10-13H,4-5H2,1H3,(H,17,18)(H,19,20)/t10-,11+,12-,13-/m0/s1. The van der Waals surface area contributed by atoms with Crippen LogP contribution in [0.3, 0.4) is 0 Å². The number of nitrogens with one attached hydrogen (secondary N) is 1. The first kappa shape index (κ1) is 14.5. The summed E-state index contributed by atoms with van der Waals surface area (Å²) in [6.45, 7) is 1.90. The highest BCUT2D eigenvalue weighted by Gasteiger charge is 2.55. The molecule has 2 aliphatic heterocycles. The van der Waals surface area contributed by atoms with E-state index in [1.54, 1.807) is 6.07 Å². The number of hydrogen-bond acceptors (Lipinski definition) is 3. The lowest BCUT2D eigenvalue weighted by Crippen LogP contribution is -2.41. The quantitative estimate of drug-likeness (QED) is 0.875. The molecular weight excluding hydrogens is 338 g/mol. The van der Waals surface area contributed by atoms with Crippen molar-refractivity contribution in [2.45, 2.75) is 32.0 Å². The molecule has 112 valence electrons. The predicted molar refractivity (Wildman–Crippen MR) is 80.0 cm³/mol. The second kappa shape index (κ2) is 5.42. The van der Waals surface area contributed by atoms with Gasteiger partial charge in [0.1, 0.15) is 0 Å². The minimum absolute atomic E-state index is 0.264. The molecule has 0 radical (unpaired) electrons. The van der Waals surface area contributed by atoms with Crippen molar-refractivity contribution >= 4 is 33.5 Å². The van der Waals surface area contributed by atoms with Crippen molar-refractivity contribution in [3.8, 4) is 0 Å². The summed E-state index contributed by atoms with van der Waals surface area (Å²) in [5.74, 6) is -2.56. The van der Waals surface area contributed by atoms with Gasteiger partial charge in [0.2, 0.25) is 5.91 Å². The van der Waals surface area contributed by atoms with E-state index in [0.29, 0.717) is 5.69 Å². The molecule has 0 saturated carbocycles. The molecule has 0 spiro atoms. The number of hydrogen-bond donors (Lipinski definition) is 2. The van der Waals surface area contributed by atoms with Crippen LogP contribution in [-0.2, 0) is 14.3 Å². The molecular formula is C15H16BrNO4. The Balaban J connectivity index is 1.80. The van der Waals surface area contributed by atoms with Crippen molar-refractivity contribution in [2.24, 2.45) is 11.8 Å². The highest BCUT2D eigenvalue weighted by Crippen LogP contribution is 2.44. The smallest absolute Gasteiger partial charge is 0.310 e. The Morgan fingerprint density at radius 1 is 1.29 bits per heavy atom. The zero-order valence-corrected chi connectivity index (χ0v) is 13.1. The second-order valence-electron chi connectivity index (χ2n) is 5.63. The van der Waals surface area contributed by atoms with Gasteiger partial charge in [0.25, 0.3) is 0 Å². The largest absolute Gasteiger partial charge is 0.481 e. The van der Waals surface area contributed by atoms with Crippen molar-refractivity contribution in [2.75, 3.05) is 5.32 Å². The zero-order chi connectivity index (χ0) is 15.1. The van der Waals surface area contributed by atoms with Gasteiger partial charge in [-0.15, -0.1) is 0 Å². The Kier molecular flexibility index (Phi) is 3.75. The number of fused-ring (bicyclic) bond motifs is 2. The number of aryl methyl sites for hydroxylation is 1. The third-order valence-electron chi connectivity index (χ3n) is 4.31. The topological polar surface area (TPSA) is 75.6 Å². The summed E-state index contributed by atoms with van der Waals surface area (Å²) >= 11 is 3.37. The maximum atomic E-state index is 12.5. The van der Waals surface area contributed by atoms with Crippen molar-refractivity contribution < 1.29 is 19.4 Å². The van der Waals surface area contributed by atoms with Gasteiger partial charge in [-0.05, 0) is 43.5 Å². The van der Waals surface area contributed by atoms with Crippen LogP contribution in [0.2, 0.25) is 0 Å². The summed E-state index contributed by atoms with van der Waals surface area (Å²) in [5, 5.41) is 12.2. The van der Waals surface area contributed by atoms with Crippen molar-refractivity contribution in [3.63, 3.8) is 0 Å². The number of benzene rings is 1. The monoisotopic (exact) mass is 353 g/mol. The van der Waals surface area contributed by atoms with Crippen LogP contribution in [0.4, 0.5) is 5.69 Å². The van der Waals surface area contributed by atoms with Crippen LogP contribution in [0, 0.1) is 18.8 Å². The fraction of sp³-hybridized carbons (Fsp3) is 0.467. The molecule has 2 fully saturated rings. The normalized spacial score (nSPS) is 30.4. The summed E-state index contributed by atoms with van der Waals surface area (Å²) < 4.78 is 6.55. The number of carboxylic acids is 1. The molecule has 3 rings (SSSR count). The number of anilines is 1. The lowest BCUT2D eigenvalue weighted by atomic mass is 9.78. The molecule has 2 aliphatic rings. The SMILES string of the molecule is Cc1cc(Br)ccc1NC(=O)[C@@H]1[C@@H](C(=O)O)[C@H]2CC[C@@H]1O2. The number of ether oxygens (including phenoxy) is 1. The van der Waals surface area contributed by atoms with Crippen LogP contribution in [0.25, 0.3) is 0 Å². The Morgan fingerprint density at radius 2 is 1.95 bits per heavy atom. The van der Waals surface area contributed by atoms with E-state index in [1.165, 1.54) is 0 Å². The fourth-order valence-electron chi connectivity index (χ4n) is 3.31. The van der Waals surface area contributed by atoms with Gasteiger partial charge in [-0.1, -0.05) is 15.9 Å². The number of halogens is 1. The molecule has 5 nitrogen and oxygen atoms in total. The van der Waals surface area contributed by atoms with Gasteiger partial charge in [-0.3, -0.25) is 9.59 Å². The highest BCUT2D eigenvalue weighted by atomic mass is 79.9. The van der Waals surface area contributed by atoms with E-state index in [2.05, 4.69) is 21.2 Å². The number of rotatable bonds is 3. The Bertz CT molecular complexity index is 603. The molecule has 2 saturated heterocycles. The molecule has 0 aliphatic carbocycles. The Hall–Kier alpha value is -1.40. The van der Waals surface area contributed by atoms with Crippen LogP contribution in [0.5, 0.6) is 0 Å². The van der Waals surface area contributed by atoms with Gasteiger partial charge >= 0.3 is 5.97 Å². The van der Waals surface area contributed by atoms with E-state index >= 15 is 0 Å². The molecule has 4 atom stereocenters. The Labute approximate surface area is 130 Å². The third kappa shape index (κ3) is 2.58. The number of carbonyl (C=O) groups excluding carboxylic acids is 1. The molecule has 1 amide bonds. The summed E-state index contributed by atoms with van der Waals surface area (Å²) in [4.78, 5) is 23.9. The Morgan fingerprint density at radius 3 is 2.57 bits per heavy atom. The summed E-state index contributed by atoms with van der Waals surface area (Å²) in [6, 6.07) is 5.55. The molecule has 1 aromatic rings. The number of aliphatic carboxylic acids is 1. The molecule has 2 heterocycles. The lowest BCUT2D eigenvalue weighted by molar-refractivity contribution is -0.147. The predicted octanol–water partition coefficient (Wildman–Crippen LogP) is 2.57. The average molecular weight is 354 g/mol. The van der Waals surface area contributed by atoms with Gasteiger partial charge in [0.05, 0.1) is 24.0 Å². The van der Waals surface area contributed by atoms with Crippen LogP contribution in [-0.4, -0.2) is 29.2 Å². The van der Waals surface area contributed by atoms with Gasteiger partial charge in [-0.25, -0.2) is 0 Å². The molecule has 6 heteroatoms. The minimum atomic E-state index is -0.949. The number of carbonyl (C=O) groups is 2. The van der Waals surface area contributed by atoms with Crippen molar-refractivity contribution in [1.29, 1.82) is 0 Å². The van der Waals surface area contributed by atoms with Crippen LogP contribution in [0.1, 0.15) is 18.4 Å². The van der Waals surface area contributed by atoms with Crippen molar-refractivity contribution in [1.82, 2.24) is 0 Å². The first-order chi connectivity index (χ1) is 9.97. The van der Waals surface area contributed by atoms with E-state index in [4.69, 9.17) is 4.74 Å². The summed E-state index contributed by atoms with van der Waals surface area (Å²) in [7, 11) is 0. The molecule has 0 unspecified atom stereocenters. The average Bonchev–Trinajstić information content (AvgIpc) is 3.02. The highest BCUT2D eigenvalue weighted by molar-refractivity contribution is 9.10. The molecule has 0 aromatic heterocycles. The first-order valence-corrected chi connectivity index (χ1v) is 7.72. The maximum absolute atomic E-state index is 12.5. The lowest BCUT2D eigenvalue weighted by Gasteiger charge is -2.24. The van der Waals surface area contributed by atoms with E-state index in [9.17, 15) is 14.7 Å². The maximum Gasteiger partial charge on any atom is 0.310 e.